The molecule has 1 saturated heterocycles. The van der Waals surface area contributed by atoms with Crippen molar-refractivity contribution in [3.05, 3.63) is 62.7 Å². The van der Waals surface area contributed by atoms with E-state index in [9.17, 15) is 24.5 Å². The maximum Gasteiger partial charge on any atom is 0.376 e. The molecule has 206 valence electrons. The molecule has 0 bridgehead atoms. The number of methoxy groups -OCH3 is 2. The Morgan fingerprint density at radius 2 is 1.69 bits per heavy atom. The van der Waals surface area contributed by atoms with Crippen LogP contribution in [-0.4, -0.2) is 84.9 Å². The van der Waals surface area contributed by atoms with Crippen molar-refractivity contribution in [3.63, 3.8) is 0 Å². The number of nitro benzene ring substituents is 1. The molecule has 0 saturated carbocycles. The number of piperazine rings is 1. The maximum atomic E-state index is 13.4. The van der Waals surface area contributed by atoms with E-state index in [1.807, 2.05) is 4.90 Å². The lowest BCUT2D eigenvalue weighted by molar-refractivity contribution is -0.384. The first-order valence-electron chi connectivity index (χ1n) is 12.1. The van der Waals surface area contributed by atoms with Crippen LogP contribution in [0.5, 0.6) is 11.5 Å². The monoisotopic (exact) mass is 540 g/mol. The zero-order chi connectivity index (χ0) is 28.1. The topological polar surface area (TPSA) is 158 Å². The SMILES string of the molecule is CCOC(=O)c1nc2cc(OC)c(OC)cc2c(=O)n1NC(=O)CN1CCN(c2ccc([N+](=O)[O-])cc2)CC1. The molecule has 1 fully saturated rings. The van der Waals surface area contributed by atoms with Crippen LogP contribution < -0.4 is 25.4 Å². The summed E-state index contributed by atoms with van der Waals surface area (Å²) >= 11 is 0. The molecule has 1 aliphatic heterocycles. The molecule has 0 unspecified atom stereocenters. The minimum atomic E-state index is -0.872. The lowest BCUT2D eigenvalue weighted by Crippen LogP contribution is -2.50. The molecule has 1 N–H and O–H groups in total. The van der Waals surface area contributed by atoms with E-state index < -0.39 is 22.4 Å². The second kappa shape index (κ2) is 11.8. The fraction of sp³-hybridized carbons (Fsp3) is 0.360. The predicted molar refractivity (Wildman–Crippen MR) is 141 cm³/mol. The third kappa shape index (κ3) is 5.90. The van der Waals surface area contributed by atoms with E-state index in [2.05, 4.69) is 15.3 Å². The van der Waals surface area contributed by atoms with Gasteiger partial charge >= 0.3 is 5.97 Å². The number of rotatable bonds is 9. The van der Waals surface area contributed by atoms with Crippen LogP contribution in [0.25, 0.3) is 10.9 Å². The standard InChI is InChI=1S/C25H28N6O8/c1-4-39-25(34)23-26-19-14-21(38-3)20(37-2)13-18(19)24(33)30(23)27-22(32)15-28-9-11-29(12-10-28)16-5-7-17(8-6-16)31(35)36/h5-8,13-14H,4,9-12,15H2,1-3H3,(H,27,32). The Kier molecular flexibility index (Phi) is 8.24. The highest BCUT2D eigenvalue weighted by atomic mass is 16.6. The Labute approximate surface area is 222 Å². The highest BCUT2D eigenvalue weighted by molar-refractivity contribution is 5.92. The number of anilines is 1. The van der Waals surface area contributed by atoms with E-state index >= 15 is 0 Å². The molecule has 3 aromatic rings. The average molecular weight is 541 g/mol. The van der Waals surface area contributed by atoms with Crippen LogP contribution in [0.2, 0.25) is 0 Å². The number of benzene rings is 2. The highest BCUT2D eigenvalue weighted by Crippen LogP contribution is 2.30. The van der Waals surface area contributed by atoms with Crippen LogP contribution in [0, 0.1) is 10.1 Å². The van der Waals surface area contributed by atoms with E-state index in [1.165, 1.54) is 38.5 Å². The van der Waals surface area contributed by atoms with Gasteiger partial charge in [0, 0.05) is 50.1 Å². The van der Waals surface area contributed by atoms with Crippen molar-refractivity contribution in [2.75, 3.05) is 63.9 Å². The smallest absolute Gasteiger partial charge is 0.376 e. The summed E-state index contributed by atoms with van der Waals surface area (Å²) in [6.07, 6.45) is 0. The molecular formula is C25H28N6O8. The normalized spacial score (nSPS) is 13.7. The number of nitrogens with one attached hydrogen (secondary N) is 1. The molecule has 0 spiro atoms. The van der Waals surface area contributed by atoms with Crippen LogP contribution in [0.3, 0.4) is 0 Å². The van der Waals surface area contributed by atoms with Crippen molar-refractivity contribution in [2.45, 2.75) is 6.92 Å². The van der Waals surface area contributed by atoms with Gasteiger partial charge in [-0.05, 0) is 25.1 Å². The number of aromatic nitrogens is 2. The fourth-order valence-corrected chi connectivity index (χ4v) is 4.26. The molecule has 39 heavy (non-hydrogen) atoms. The minimum Gasteiger partial charge on any atom is -0.493 e. The third-order valence-electron chi connectivity index (χ3n) is 6.23. The van der Waals surface area contributed by atoms with Gasteiger partial charge < -0.3 is 19.1 Å². The quantitative estimate of drug-likeness (QED) is 0.237. The zero-order valence-electron chi connectivity index (χ0n) is 21.7. The molecule has 4 rings (SSSR count). The average Bonchev–Trinajstić information content (AvgIpc) is 2.94. The van der Waals surface area contributed by atoms with Crippen molar-refractivity contribution >= 4 is 34.2 Å². The van der Waals surface area contributed by atoms with Gasteiger partial charge in [0.25, 0.3) is 17.2 Å². The van der Waals surface area contributed by atoms with Crippen molar-refractivity contribution in [2.24, 2.45) is 0 Å². The summed E-state index contributed by atoms with van der Waals surface area (Å²) in [5.41, 5.74) is 2.86. The summed E-state index contributed by atoms with van der Waals surface area (Å²) in [7, 11) is 2.86. The summed E-state index contributed by atoms with van der Waals surface area (Å²) in [6, 6.07) is 9.20. The number of ether oxygens (including phenoxy) is 3. The number of carbonyl (C=O) groups is 2. The third-order valence-corrected chi connectivity index (χ3v) is 6.23. The van der Waals surface area contributed by atoms with Gasteiger partial charge in [0.05, 0.1) is 43.2 Å². The molecule has 0 atom stereocenters. The highest BCUT2D eigenvalue weighted by Gasteiger charge is 2.24. The number of fused-ring (bicyclic) bond motifs is 1. The number of hydrogen-bond donors (Lipinski definition) is 1. The Morgan fingerprint density at radius 3 is 2.28 bits per heavy atom. The van der Waals surface area contributed by atoms with Gasteiger partial charge in [-0.3, -0.25) is 30.0 Å². The van der Waals surface area contributed by atoms with E-state index in [4.69, 9.17) is 14.2 Å². The summed E-state index contributed by atoms with van der Waals surface area (Å²) < 4.78 is 16.4. The second-order valence-corrected chi connectivity index (χ2v) is 8.59. The molecule has 1 aliphatic rings. The van der Waals surface area contributed by atoms with E-state index in [0.717, 1.165) is 10.4 Å². The van der Waals surface area contributed by atoms with E-state index in [-0.39, 0.29) is 41.3 Å². The van der Waals surface area contributed by atoms with Crippen LogP contribution in [0.4, 0.5) is 11.4 Å². The number of esters is 1. The van der Waals surface area contributed by atoms with Crippen LogP contribution in [-0.2, 0) is 9.53 Å². The molecule has 2 aromatic carbocycles. The lowest BCUT2D eigenvalue weighted by Gasteiger charge is -2.35. The van der Waals surface area contributed by atoms with Gasteiger partial charge in [-0.1, -0.05) is 0 Å². The Hall–Kier alpha value is -4.72. The zero-order valence-corrected chi connectivity index (χ0v) is 21.7. The maximum absolute atomic E-state index is 13.4. The van der Waals surface area contributed by atoms with Gasteiger partial charge in [0.2, 0.25) is 5.82 Å². The molecule has 1 aromatic heterocycles. The number of nitro groups is 1. The molecule has 0 radical (unpaired) electrons. The van der Waals surface area contributed by atoms with Crippen molar-refractivity contribution in [1.29, 1.82) is 0 Å². The molecule has 2 heterocycles. The largest absolute Gasteiger partial charge is 0.493 e. The van der Waals surface area contributed by atoms with Gasteiger partial charge in [-0.25, -0.2) is 9.78 Å². The summed E-state index contributed by atoms with van der Waals surface area (Å²) in [6.45, 7) is 3.90. The summed E-state index contributed by atoms with van der Waals surface area (Å²) in [5.74, 6) is -1.16. The number of non-ortho nitro benzene ring substituents is 1. The summed E-state index contributed by atoms with van der Waals surface area (Å²) in [5, 5.41) is 11.0. The van der Waals surface area contributed by atoms with Crippen molar-refractivity contribution in [3.8, 4) is 11.5 Å². The van der Waals surface area contributed by atoms with Crippen LogP contribution >= 0.6 is 0 Å². The Bertz CT molecular complexity index is 1450. The number of hydrogen-bond acceptors (Lipinski definition) is 11. The van der Waals surface area contributed by atoms with Gasteiger partial charge in [0.1, 0.15) is 0 Å². The number of amides is 1. The van der Waals surface area contributed by atoms with Crippen LogP contribution in [0.15, 0.2) is 41.2 Å². The molecule has 14 heteroatoms. The molecule has 1 amide bonds. The molecule has 0 aliphatic carbocycles. The lowest BCUT2D eigenvalue weighted by atomic mass is 10.2. The van der Waals surface area contributed by atoms with E-state index in [0.29, 0.717) is 31.9 Å². The van der Waals surface area contributed by atoms with Gasteiger partial charge in [-0.2, -0.15) is 4.68 Å². The first kappa shape index (κ1) is 27.3. The van der Waals surface area contributed by atoms with Gasteiger partial charge in [0.15, 0.2) is 11.5 Å². The first-order valence-corrected chi connectivity index (χ1v) is 12.1. The van der Waals surface area contributed by atoms with Crippen molar-refractivity contribution in [1.82, 2.24) is 14.6 Å². The first-order chi connectivity index (χ1) is 18.7. The Morgan fingerprint density at radius 1 is 1.05 bits per heavy atom. The summed E-state index contributed by atoms with van der Waals surface area (Å²) in [4.78, 5) is 57.6. The van der Waals surface area contributed by atoms with Crippen LogP contribution in [0.1, 0.15) is 17.5 Å². The fourth-order valence-electron chi connectivity index (χ4n) is 4.26. The number of nitrogens with zero attached hydrogens (tertiary/aromatic N) is 5. The van der Waals surface area contributed by atoms with Crippen molar-refractivity contribution < 1.29 is 28.7 Å². The second-order valence-electron chi connectivity index (χ2n) is 8.59. The number of carbonyl (C=O) groups excluding carboxylic acids is 2. The van der Waals surface area contributed by atoms with Gasteiger partial charge in [-0.15, -0.1) is 0 Å². The molecular weight excluding hydrogens is 512 g/mol. The Balaban J connectivity index is 1.51. The van der Waals surface area contributed by atoms with E-state index in [1.54, 1.807) is 19.1 Å². The minimum absolute atomic E-state index is 0.0206. The predicted octanol–water partition coefficient (Wildman–Crippen LogP) is 1.39. The molecule has 14 nitrogen and oxygen atoms in total.